The Morgan fingerprint density at radius 2 is 0.952 bits per heavy atom. The molecule has 0 saturated carbocycles. The second-order valence-corrected chi connectivity index (χ2v) is 7.39. The molecular weight excluding hydrogens is 278 g/mol. The minimum Gasteiger partial charge on any atom is -0.326 e. The number of hydrogen-bond donors (Lipinski definition) is 0. The van der Waals surface area contributed by atoms with Crippen LogP contribution in [0.15, 0.2) is 0 Å². The molecule has 0 amide bonds. The predicted molar refractivity (Wildman–Crippen MR) is 98.3 cm³/mol. The van der Waals surface area contributed by atoms with Crippen LogP contribution in [0.1, 0.15) is 90.9 Å². The molecule has 21 heavy (non-hydrogen) atoms. The Bertz CT molecular complexity index is 208. The number of rotatable bonds is 16. The standard InChI is InChI=1S/C19H41ClN/c1-4-6-8-10-12-14-18-21(3,19-15-16-20)17-13-11-9-7-5-2/h4-19H2,1-3H3/q+1. The maximum absolute atomic E-state index is 5.92. The van der Waals surface area contributed by atoms with Crippen LogP contribution in [0.4, 0.5) is 0 Å². The summed E-state index contributed by atoms with van der Waals surface area (Å²) >= 11 is 5.92. The van der Waals surface area contributed by atoms with Crippen LogP contribution in [0.3, 0.4) is 0 Å². The summed E-state index contributed by atoms with van der Waals surface area (Å²) < 4.78 is 1.26. The van der Waals surface area contributed by atoms with Gasteiger partial charge >= 0.3 is 0 Å². The second-order valence-electron chi connectivity index (χ2n) is 7.01. The van der Waals surface area contributed by atoms with Crippen molar-refractivity contribution in [1.29, 1.82) is 0 Å². The van der Waals surface area contributed by atoms with Crippen LogP contribution in [-0.4, -0.2) is 37.0 Å². The topological polar surface area (TPSA) is 0 Å². The lowest BCUT2D eigenvalue weighted by Gasteiger charge is -2.35. The van der Waals surface area contributed by atoms with Gasteiger partial charge in [0.1, 0.15) is 0 Å². The Kier molecular flexibility index (Phi) is 15.3. The molecule has 0 aromatic carbocycles. The SMILES string of the molecule is CCCCCCCC[N+](C)(CCCCl)CCCCCCC. The second kappa shape index (κ2) is 15.2. The molecule has 128 valence electrons. The Morgan fingerprint density at radius 3 is 1.38 bits per heavy atom. The molecule has 0 N–H and O–H groups in total. The van der Waals surface area contributed by atoms with Gasteiger partial charge in [0.25, 0.3) is 0 Å². The fourth-order valence-corrected chi connectivity index (χ4v) is 3.27. The Labute approximate surface area is 140 Å². The predicted octanol–water partition coefficient (Wildman–Crippen LogP) is 6.39. The monoisotopic (exact) mass is 318 g/mol. The van der Waals surface area contributed by atoms with Crippen molar-refractivity contribution in [2.45, 2.75) is 90.9 Å². The van der Waals surface area contributed by atoms with E-state index in [9.17, 15) is 0 Å². The summed E-state index contributed by atoms with van der Waals surface area (Å²) in [6.07, 6.45) is 16.6. The third-order valence-corrected chi connectivity index (χ3v) is 4.95. The van der Waals surface area contributed by atoms with Gasteiger partial charge in [-0.3, -0.25) is 0 Å². The molecule has 1 nitrogen and oxygen atoms in total. The molecule has 0 aliphatic rings. The Balaban J connectivity index is 3.86. The van der Waals surface area contributed by atoms with Crippen LogP contribution in [0, 0.1) is 0 Å². The van der Waals surface area contributed by atoms with Gasteiger partial charge in [-0.25, -0.2) is 0 Å². The normalized spacial score (nSPS) is 14.3. The third-order valence-electron chi connectivity index (χ3n) is 4.68. The van der Waals surface area contributed by atoms with Gasteiger partial charge in [-0.05, 0) is 25.7 Å². The number of nitrogens with zero attached hydrogens (tertiary/aromatic N) is 1. The number of unbranched alkanes of at least 4 members (excludes halogenated alkanes) is 9. The average Bonchev–Trinajstić information content (AvgIpc) is 2.49. The van der Waals surface area contributed by atoms with E-state index in [4.69, 9.17) is 11.6 Å². The van der Waals surface area contributed by atoms with Crippen LogP contribution in [0.25, 0.3) is 0 Å². The Hall–Kier alpha value is 0.250. The molecule has 0 heterocycles. The van der Waals surface area contributed by atoms with E-state index in [1.165, 1.54) is 101 Å². The van der Waals surface area contributed by atoms with Gasteiger partial charge in [0.15, 0.2) is 0 Å². The van der Waals surface area contributed by atoms with Crippen molar-refractivity contribution >= 4 is 11.6 Å². The zero-order valence-electron chi connectivity index (χ0n) is 15.1. The van der Waals surface area contributed by atoms with E-state index in [1.54, 1.807) is 0 Å². The lowest BCUT2D eigenvalue weighted by atomic mass is 10.1. The average molecular weight is 319 g/mol. The van der Waals surface area contributed by atoms with E-state index in [-0.39, 0.29) is 0 Å². The minimum absolute atomic E-state index is 0.820. The molecular formula is C19H41ClN+. The number of quaternary nitrogens is 1. The molecule has 0 rings (SSSR count). The van der Waals surface area contributed by atoms with Gasteiger partial charge in [0.2, 0.25) is 0 Å². The first kappa shape index (κ1) is 21.2. The summed E-state index contributed by atoms with van der Waals surface area (Å²) in [6.45, 7) is 8.57. The van der Waals surface area contributed by atoms with E-state index in [0.29, 0.717) is 0 Å². The van der Waals surface area contributed by atoms with Gasteiger partial charge in [-0.2, -0.15) is 0 Å². The van der Waals surface area contributed by atoms with Crippen LogP contribution in [0.5, 0.6) is 0 Å². The van der Waals surface area contributed by atoms with E-state index in [0.717, 1.165) is 5.88 Å². The fraction of sp³-hybridized carbons (Fsp3) is 1.00. The summed E-state index contributed by atoms with van der Waals surface area (Å²) in [4.78, 5) is 0. The summed E-state index contributed by atoms with van der Waals surface area (Å²) in [6, 6.07) is 0. The van der Waals surface area contributed by atoms with Gasteiger partial charge in [0.05, 0.1) is 26.7 Å². The van der Waals surface area contributed by atoms with Crippen molar-refractivity contribution in [2.24, 2.45) is 0 Å². The van der Waals surface area contributed by atoms with E-state index < -0.39 is 0 Å². The van der Waals surface area contributed by atoms with Crippen molar-refractivity contribution in [2.75, 3.05) is 32.6 Å². The van der Waals surface area contributed by atoms with Crippen LogP contribution in [-0.2, 0) is 0 Å². The molecule has 2 heteroatoms. The lowest BCUT2D eigenvalue weighted by molar-refractivity contribution is -0.910. The largest absolute Gasteiger partial charge is 0.326 e. The molecule has 0 aromatic heterocycles. The highest BCUT2D eigenvalue weighted by molar-refractivity contribution is 6.17. The highest BCUT2D eigenvalue weighted by Crippen LogP contribution is 2.14. The smallest absolute Gasteiger partial charge is 0.0796 e. The van der Waals surface area contributed by atoms with Gasteiger partial charge < -0.3 is 4.48 Å². The molecule has 0 spiro atoms. The molecule has 1 atom stereocenters. The number of alkyl halides is 1. The van der Waals surface area contributed by atoms with Gasteiger partial charge in [-0.15, -0.1) is 11.6 Å². The number of halogens is 1. The molecule has 0 aliphatic carbocycles. The first-order valence-electron chi connectivity index (χ1n) is 9.58. The van der Waals surface area contributed by atoms with Gasteiger partial charge in [-0.1, -0.05) is 58.8 Å². The first-order valence-corrected chi connectivity index (χ1v) is 10.1. The molecule has 0 aliphatic heterocycles. The van der Waals surface area contributed by atoms with Crippen molar-refractivity contribution in [1.82, 2.24) is 0 Å². The van der Waals surface area contributed by atoms with Gasteiger partial charge in [0, 0.05) is 12.3 Å². The Morgan fingerprint density at radius 1 is 0.571 bits per heavy atom. The first-order chi connectivity index (χ1) is 10.2. The maximum Gasteiger partial charge on any atom is 0.0796 e. The molecule has 1 unspecified atom stereocenters. The van der Waals surface area contributed by atoms with Crippen molar-refractivity contribution < 1.29 is 4.48 Å². The summed E-state index contributed by atoms with van der Waals surface area (Å²) in [7, 11) is 2.46. The van der Waals surface area contributed by atoms with E-state index in [1.807, 2.05) is 0 Å². The number of hydrogen-bond acceptors (Lipinski definition) is 0. The van der Waals surface area contributed by atoms with E-state index >= 15 is 0 Å². The maximum atomic E-state index is 5.92. The summed E-state index contributed by atoms with van der Waals surface area (Å²) in [5.41, 5.74) is 0. The molecule has 0 fully saturated rings. The summed E-state index contributed by atoms with van der Waals surface area (Å²) in [5.74, 6) is 0.820. The van der Waals surface area contributed by atoms with Crippen LogP contribution >= 0.6 is 11.6 Å². The highest BCUT2D eigenvalue weighted by Gasteiger charge is 2.19. The third kappa shape index (κ3) is 13.6. The van der Waals surface area contributed by atoms with E-state index in [2.05, 4.69) is 20.9 Å². The zero-order chi connectivity index (χ0) is 15.8. The van der Waals surface area contributed by atoms with Crippen molar-refractivity contribution in [3.63, 3.8) is 0 Å². The minimum atomic E-state index is 0.820. The van der Waals surface area contributed by atoms with Crippen molar-refractivity contribution in [3.8, 4) is 0 Å². The zero-order valence-corrected chi connectivity index (χ0v) is 15.9. The van der Waals surface area contributed by atoms with Crippen molar-refractivity contribution in [3.05, 3.63) is 0 Å². The molecule has 0 aromatic rings. The molecule has 0 radical (unpaired) electrons. The van der Waals surface area contributed by atoms with Crippen LogP contribution < -0.4 is 0 Å². The lowest BCUT2D eigenvalue weighted by Crippen LogP contribution is -2.46. The highest BCUT2D eigenvalue weighted by atomic mass is 35.5. The summed E-state index contributed by atoms with van der Waals surface area (Å²) in [5, 5.41) is 0. The van der Waals surface area contributed by atoms with Crippen LogP contribution in [0.2, 0.25) is 0 Å². The fourth-order valence-electron chi connectivity index (χ4n) is 3.15. The molecule has 0 bridgehead atoms. The molecule has 0 saturated heterocycles. The quantitative estimate of drug-likeness (QED) is 0.176.